The van der Waals surface area contributed by atoms with Crippen molar-refractivity contribution in [3.05, 3.63) is 71.2 Å². The standard InChI is InChI=1S/C17H11F3N2O/c18-17(19,20)13-5-3-4-12(10-13)7-8-15-14(11-23)21-16-6-1-2-9-22(15)16/h1-6,9-10,23H,11H2. The van der Waals surface area contributed by atoms with E-state index in [1.807, 2.05) is 0 Å². The number of halogens is 3. The Bertz CT molecular complexity index is 917. The molecule has 0 unspecified atom stereocenters. The maximum Gasteiger partial charge on any atom is 0.416 e. The van der Waals surface area contributed by atoms with E-state index in [9.17, 15) is 18.3 Å². The molecule has 23 heavy (non-hydrogen) atoms. The lowest BCUT2D eigenvalue weighted by atomic mass is 10.1. The van der Waals surface area contributed by atoms with E-state index in [1.165, 1.54) is 12.1 Å². The van der Waals surface area contributed by atoms with Crippen LogP contribution in [0.5, 0.6) is 0 Å². The number of imidazole rings is 1. The van der Waals surface area contributed by atoms with Gasteiger partial charge in [-0.15, -0.1) is 0 Å². The SMILES string of the molecule is OCc1nc2ccccn2c1C#Cc1cccc(C(F)(F)F)c1. The fourth-order valence-electron chi connectivity index (χ4n) is 2.19. The summed E-state index contributed by atoms with van der Waals surface area (Å²) in [6.45, 7) is -0.297. The van der Waals surface area contributed by atoms with Crippen LogP contribution in [0.2, 0.25) is 0 Å². The van der Waals surface area contributed by atoms with Crippen molar-refractivity contribution in [2.45, 2.75) is 12.8 Å². The van der Waals surface area contributed by atoms with Gasteiger partial charge >= 0.3 is 6.18 Å². The highest BCUT2D eigenvalue weighted by molar-refractivity contribution is 5.51. The molecule has 0 aliphatic carbocycles. The van der Waals surface area contributed by atoms with Gasteiger partial charge in [-0.05, 0) is 36.3 Å². The minimum absolute atomic E-state index is 0.245. The number of pyridine rings is 1. The molecule has 2 heterocycles. The lowest BCUT2D eigenvalue weighted by Gasteiger charge is -2.05. The molecule has 3 rings (SSSR count). The van der Waals surface area contributed by atoms with Crippen molar-refractivity contribution >= 4 is 5.65 Å². The molecule has 0 aliphatic heterocycles. The number of fused-ring (bicyclic) bond motifs is 1. The number of aliphatic hydroxyl groups excluding tert-OH is 1. The van der Waals surface area contributed by atoms with Crippen LogP contribution in [0.3, 0.4) is 0 Å². The van der Waals surface area contributed by atoms with Crippen LogP contribution < -0.4 is 0 Å². The molecule has 0 aliphatic rings. The smallest absolute Gasteiger partial charge is 0.390 e. The topological polar surface area (TPSA) is 37.5 Å². The predicted molar refractivity (Wildman–Crippen MR) is 78.5 cm³/mol. The minimum Gasteiger partial charge on any atom is -0.390 e. The molecule has 1 N–H and O–H groups in total. The Kier molecular flexibility index (Phi) is 3.80. The lowest BCUT2D eigenvalue weighted by molar-refractivity contribution is -0.137. The summed E-state index contributed by atoms with van der Waals surface area (Å²) in [7, 11) is 0. The zero-order valence-corrected chi connectivity index (χ0v) is 11.8. The van der Waals surface area contributed by atoms with E-state index in [0.29, 0.717) is 17.0 Å². The van der Waals surface area contributed by atoms with E-state index < -0.39 is 11.7 Å². The van der Waals surface area contributed by atoms with Crippen LogP contribution in [0.25, 0.3) is 5.65 Å². The number of rotatable bonds is 1. The minimum atomic E-state index is -4.41. The van der Waals surface area contributed by atoms with Crippen molar-refractivity contribution in [2.75, 3.05) is 0 Å². The molecule has 0 atom stereocenters. The van der Waals surface area contributed by atoms with Crippen molar-refractivity contribution in [1.29, 1.82) is 0 Å². The van der Waals surface area contributed by atoms with Gasteiger partial charge in [0.1, 0.15) is 17.0 Å². The molecule has 116 valence electrons. The second-order valence-corrected chi connectivity index (χ2v) is 4.82. The third kappa shape index (κ3) is 3.05. The summed E-state index contributed by atoms with van der Waals surface area (Å²) in [6.07, 6.45) is -2.67. The monoisotopic (exact) mass is 316 g/mol. The molecule has 0 fully saturated rings. The summed E-state index contributed by atoms with van der Waals surface area (Å²) in [5.74, 6) is 5.51. The number of hydrogen-bond acceptors (Lipinski definition) is 2. The maximum atomic E-state index is 12.7. The molecule has 0 spiro atoms. The van der Waals surface area contributed by atoms with Gasteiger partial charge in [0, 0.05) is 11.8 Å². The number of benzene rings is 1. The fourth-order valence-corrected chi connectivity index (χ4v) is 2.19. The highest BCUT2D eigenvalue weighted by Gasteiger charge is 2.30. The average Bonchev–Trinajstić information content (AvgIpc) is 2.90. The molecule has 1 aromatic carbocycles. The largest absolute Gasteiger partial charge is 0.416 e. The van der Waals surface area contributed by atoms with Gasteiger partial charge in [-0.1, -0.05) is 18.1 Å². The van der Waals surface area contributed by atoms with E-state index in [4.69, 9.17) is 0 Å². The number of nitrogens with zero attached hydrogens (tertiary/aromatic N) is 2. The Balaban J connectivity index is 2.06. The maximum absolute atomic E-state index is 12.7. The van der Waals surface area contributed by atoms with Crippen LogP contribution in [0.15, 0.2) is 48.7 Å². The average molecular weight is 316 g/mol. The van der Waals surface area contributed by atoms with E-state index in [0.717, 1.165) is 12.1 Å². The van der Waals surface area contributed by atoms with Gasteiger partial charge in [-0.25, -0.2) is 4.98 Å². The second-order valence-electron chi connectivity index (χ2n) is 4.82. The molecule has 0 radical (unpaired) electrons. The van der Waals surface area contributed by atoms with E-state index in [2.05, 4.69) is 16.8 Å². The highest BCUT2D eigenvalue weighted by Crippen LogP contribution is 2.29. The van der Waals surface area contributed by atoms with Gasteiger partial charge in [0.2, 0.25) is 0 Å². The van der Waals surface area contributed by atoms with Crippen LogP contribution in [-0.4, -0.2) is 14.5 Å². The number of aliphatic hydroxyl groups is 1. The van der Waals surface area contributed by atoms with Crippen molar-refractivity contribution in [3.63, 3.8) is 0 Å². The van der Waals surface area contributed by atoms with Crippen LogP contribution in [0.4, 0.5) is 13.2 Å². The Labute approximate surface area is 130 Å². The van der Waals surface area contributed by atoms with Gasteiger partial charge in [0.15, 0.2) is 0 Å². The molecule has 0 saturated carbocycles. The summed E-state index contributed by atoms with van der Waals surface area (Å²) in [5, 5.41) is 9.38. The Hall–Kier alpha value is -2.78. The van der Waals surface area contributed by atoms with Crippen molar-refractivity contribution in [1.82, 2.24) is 9.38 Å². The van der Waals surface area contributed by atoms with Gasteiger partial charge in [-0.3, -0.25) is 4.40 Å². The van der Waals surface area contributed by atoms with Crippen molar-refractivity contribution < 1.29 is 18.3 Å². The van der Waals surface area contributed by atoms with E-state index in [-0.39, 0.29) is 12.2 Å². The summed E-state index contributed by atoms with van der Waals surface area (Å²) in [5.41, 5.74) is 0.959. The van der Waals surface area contributed by atoms with Crippen molar-refractivity contribution in [2.24, 2.45) is 0 Å². The third-order valence-electron chi connectivity index (χ3n) is 3.27. The summed E-state index contributed by atoms with van der Waals surface area (Å²) >= 11 is 0. The van der Waals surface area contributed by atoms with Crippen LogP contribution in [-0.2, 0) is 12.8 Å². The fraction of sp³-hybridized carbons (Fsp3) is 0.118. The Morgan fingerprint density at radius 3 is 2.65 bits per heavy atom. The molecular formula is C17H11F3N2O. The number of aromatic nitrogens is 2. The zero-order chi connectivity index (χ0) is 16.4. The van der Waals surface area contributed by atoms with Gasteiger partial charge in [0.25, 0.3) is 0 Å². The van der Waals surface area contributed by atoms with Crippen LogP contribution in [0.1, 0.15) is 22.5 Å². The zero-order valence-electron chi connectivity index (χ0n) is 11.8. The molecule has 6 heteroatoms. The Morgan fingerprint density at radius 1 is 1.09 bits per heavy atom. The molecule has 0 bridgehead atoms. The normalized spacial score (nSPS) is 11.3. The second kappa shape index (κ2) is 5.78. The van der Waals surface area contributed by atoms with Crippen molar-refractivity contribution in [3.8, 4) is 11.8 Å². The number of hydrogen-bond donors (Lipinski definition) is 1. The molecule has 3 aromatic rings. The first-order valence-corrected chi connectivity index (χ1v) is 6.75. The van der Waals surface area contributed by atoms with Gasteiger partial charge in [0.05, 0.1) is 12.2 Å². The first-order chi connectivity index (χ1) is 11.0. The van der Waals surface area contributed by atoms with Crippen LogP contribution >= 0.6 is 0 Å². The molecule has 0 amide bonds. The summed E-state index contributed by atoms with van der Waals surface area (Å²) in [4.78, 5) is 4.23. The molecular weight excluding hydrogens is 305 g/mol. The van der Waals surface area contributed by atoms with E-state index >= 15 is 0 Å². The summed E-state index contributed by atoms with van der Waals surface area (Å²) in [6, 6.07) is 10.2. The molecule has 0 saturated heterocycles. The Morgan fingerprint density at radius 2 is 1.91 bits per heavy atom. The first-order valence-electron chi connectivity index (χ1n) is 6.75. The molecule has 2 aromatic heterocycles. The number of alkyl halides is 3. The molecule has 3 nitrogen and oxygen atoms in total. The third-order valence-corrected chi connectivity index (χ3v) is 3.27. The van der Waals surface area contributed by atoms with Gasteiger partial charge < -0.3 is 5.11 Å². The predicted octanol–water partition coefficient (Wildman–Crippen LogP) is 3.25. The van der Waals surface area contributed by atoms with E-state index in [1.54, 1.807) is 28.8 Å². The highest BCUT2D eigenvalue weighted by atomic mass is 19.4. The summed E-state index contributed by atoms with van der Waals surface area (Å²) < 4.78 is 39.8. The lowest BCUT2D eigenvalue weighted by Crippen LogP contribution is -2.04. The first kappa shape index (κ1) is 15.1. The van der Waals surface area contributed by atoms with Crippen LogP contribution in [0, 0.1) is 11.8 Å². The van der Waals surface area contributed by atoms with Gasteiger partial charge in [-0.2, -0.15) is 13.2 Å². The quantitative estimate of drug-likeness (QED) is 0.700.